The third-order valence-corrected chi connectivity index (χ3v) is 4.78. The van der Waals surface area contributed by atoms with Crippen molar-refractivity contribution >= 4 is 5.78 Å². The van der Waals surface area contributed by atoms with E-state index in [-0.39, 0.29) is 16.6 Å². The first-order valence-electron chi connectivity index (χ1n) is 6.71. The molecular weight excluding hydrogens is 208 g/mol. The van der Waals surface area contributed by atoms with Gasteiger partial charge < -0.3 is 0 Å². The Balaban J connectivity index is 2.63. The first-order chi connectivity index (χ1) is 7.68. The van der Waals surface area contributed by atoms with Gasteiger partial charge in [0.25, 0.3) is 0 Å². The highest BCUT2D eigenvalue weighted by atomic mass is 16.1. The molecule has 0 spiro atoms. The molecule has 1 unspecified atom stereocenters. The molecule has 0 amide bonds. The molecule has 17 heavy (non-hydrogen) atoms. The zero-order valence-corrected chi connectivity index (χ0v) is 12.1. The quantitative estimate of drug-likeness (QED) is 0.652. The Labute approximate surface area is 107 Å². The average Bonchev–Trinajstić information content (AvgIpc) is 2.20. The van der Waals surface area contributed by atoms with Crippen molar-refractivity contribution in [1.82, 2.24) is 0 Å². The summed E-state index contributed by atoms with van der Waals surface area (Å²) in [5.41, 5.74) is 1.32. The molecule has 1 radical (unpaired) electrons. The molecule has 0 N–H and O–H groups in total. The summed E-state index contributed by atoms with van der Waals surface area (Å²) in [4.78, 5) is 11.5. The van der Waals surface area contributed by atoms with Crippen molar-refractivity contribution in [1.29, 1.82) is 0 Å². The summed E-state index contributed by atoms with van der Waals surface area (Å²) in [7, 11) is 0. The Morgan fingerprint density at radius 3 is 2.65 bits per heavy atom. The summed E-state index contributed by atoms with van der Waals surface area (Å²) >= 11 is 0. The van der Waals surface area contributed by atoms with Gasteiger partial charge in [0.15, 0.2) is 0 Å². The number of carbonyl (C=O) groups excluding carboxylic acids is 1. The first-order valence-corrected chi connectivity index (χ1v) is 6.71. The number of carbonyl (C=O) groups is 1. The standard InChI is InChI=1S/C16H27O/c1-12-8-7-9-14(16(12,5)6)10-11-15(3,4)13(2)17/h11,14H,1,7-10H2,2-6H3. The van der Waals surface area contributed by atoms with Gasteiger partial charge in [0.2, 0.25) is 0 Å². The van der Waals surface area contributed by atoms with E-state index < -0.39 is 0 Å². The Kier molecular flexibility index (Phi) is 4.22. The van der Waals surface area contributed by atoms with Gasteiger partial charge in [-0.15, -0.1) is 0 Å². The second kappa shape index (κ2) is 4.96. The fourth-order valence-corrected chi connectivity index (χ4v) is 2.53. The second-order valence-corrected chi connectivity index (χ2v) is 6.63. The fraction of sp³-hybridized carbons (Fsp3) is 0.750. The number of rotatable bonds is 4. The van der Waals surface area contributed by atoms with Crippen molar-refractivity contribution < 1.29 is 4.79 Å². The van der Waals surface area contributed by atoms with Gasteiger partial charge >= 0.3 is 0 Å². The van der Waals surface area contributed by atoms with Crippen LogP contribution in [0.2, 0.25) is 0 Å². The van der Waals surface area contributed by atoms with Gasteiger partial charge in [0.05, 0.1) is 0 Å². The molecule has 1 rings (SSSR count). The van der Waals surface area contributed by atoms with E-state index in [2.05, 4.69) is 26.8 Å². The molecule has 0 aliphatic heterocycles. The number of allylic oxidation sites excluding steroid dienone is 1. The molecule has 0 aromatic carbocycles. The summed E-state index contributed by atoms with van der Waals surface area (Å²) in [6.07, 6.45) is 6.91. The van der Waals surface area contributed by atoms with Gasteiger partial charge in [-0.3, -0.25) is 4.79 Å². The maximum atomic E-state index is 11.5. The van der Waals surface area contributed by atoms with Crippen LogP contribution in [0.3, 0.4) is 0 Å². The maximum Gasteiger partial charge on any atom is 0.135 e. The molecule has 1 aliphatic carbocycles. The van der Waals surface area contributed by atoms with Crippen LogP contribution >= 0.6 is 0 Å². The summed E-state index contributed by atoms with van der Waals surface area (Å²) in [5.74, 6) is 0.896. The van der Waals surface area contributed by atoms with Crippen LogP contribution in [0.15, 0.2) is 12.2 Å². The van der Waals surface area contributed by atoms with E-state index >= 15 is 0 Å². The van der Waals surface area contributed by atoms with E-state index in [0.29, 0.717) is 5.92 Å². The first kappa shape index (κ1) is 14.5. The summed E-state index contributed by atoms with van der Waals surface area (Å²) in [6.45, 7) is 14.5. The fourth-order valence-electron chi connectivity index (χ4n) is 2.53. The molecule has 0 saturated heterocycles. The lowest BCUT2D eigenvalue weighted by Crippen LogP contribution is -2.32. The van der Waals surface area contributed by atoms with Crippen molar-refractivity contribution in [3.8, 4) is 0 Å². The van der Waals surface area contributed by atoms with Gasteiger partial charge in [-0.25, -0.2) is 0 Å². The molecule has 0 aromatic heterocycles. The molecule has 0 bridgehead atoms. The van der Waals surface area contributed by atoms with Crippen LogP contribution in [0.4, 0.5) is 0 Å². The van der Waals surface area contributed by atoms with Crippen LogP contribution in [-0.2, 0) is 4.79 Å². The van der Waals surface area contributed by atoms with Crippen LogP contribution < -0.4 is 0 Å². The number of hydrogen-bond acceptors (Lipinski definition) is 1. The largest absolute Gasteiger partial charge is 0.299 e. The van der Waals surface area contributed by atoms with E-state index in [9.17, 15) is 4.79 Å². The van der Waals surface area contributed by atoms with Gasteiger partial charge in [-0.2, -0.15) is 0 Å². The molecule has 1 fully saturated rings. The monoisotopic (exact) mass is 235 g/mol. The smallest absolute Gasteiger partial charge is 0.135 e. The van der Waals surface area contributed by atoms with Crippen molar-refractivity contribution in [3.63, 3.8) is 0 Å². The lowest BCUT2D eigenvalue weighted by atomic mass is 9.63. The minimum absolute atomic E-state index is 0.224. The normalized spacial score (nSPS) is 24.8. The van der Waals surface area contributed by atoms with Crippen LogP contribution in [0.1, 0.15) is 60.3 Å². The molecule has 0 heterocycles. The van der Waals surface area contributed by atoms with Crippen LogP contribution in [0, 0.1) is 23.2 Å². The van der Waals surface area contributed by atoms with Crippen LogP contribution in [0.25, 0.3) is 0 Å². The van der Waals surface area contributed by atoms with Crippen molar-refractivity contribution in [2.75, 3.05) is 0 Å². The van der Waals surface area contributed by atoms with Gasteiger partial charge in [0, 0.05) is 5.41 Å². The van der Waals surface area contributed by atoms with Crippen molar-refractivity contribution in [2.24, 2.45) is 16.7 Å². The Morgan fingerprint density at radius 2 is 2.12 bits per heavy atom. The summed E-state index contributed by atoms with van der Waals surface area (Å²) in [5, 5.41) is 0. The molecule has 1 heteroatoms. The molecule has 1 aliphatic rings. The van der Waals surface area contributed by atoms with Crippen molar-refractivity contribution in [2.45, 2.75) is 60.3 Å². The minimum atomic E-state index is -0.283. The topological polar surface area (TPSA) is 17.1 Å². The van der Waals surface area contributed by atoms with Crippen LogP contribution in [-0.4, -0.2) is 5.78 Å². The zero-order valence-electron chi connectivity index (χ0n) is 12.1. The third-order valence-electron chi connectivity index (χ3n) is 4.78. The van der Waals surface area contributed by atoms with Crippen molar-refractivity contribution in [3.05, 3.63) is 18.6 Å². The van der Waals surface area contributed by atoms with Crippen LogP contribution in [0.5, 0.6) is 0 Å². The summed E-state index contributed by atoms with van der Waals surface area (Å²) < 4.78 is 0. The molecule has 0 aromatic rings. The third kappa shape index (κ3) is 3.20. The maximum absolute atomic E-state index is 11.5. The van der Waals surface area contributed by atoms with E-state index in [1.165, 1.54) is 24.8 Å². The predicted octanol–water partition coefficient (Wildman–Crippen LogP) is 4.58. The second-order valence-electron chi connectivity index (χ2n) is 6.63. The van der Waals surface area contributed by atoms with E-state index in [1.807, 2.05) is 13.8 Å². The zero-order chi connectivity index (χ0) is 13.3. The van der Waals surface area contributed by atoms with Gasteiger partial charge in [-0.1, -0.05) is 39.8 Å². The Hall–Kier alpha value is -0.590. The van der Waals surface area contributed by atoms with E-state index in [0.717, 1.165) is 6.42 Å². The molecular formula is C16H27O. The lowest BCUT2D eigenvalue weighted by molar-refractivity contribution is -0.123. The number of hydrogen-bond donors (Lipinski definition) is 0. The van der Waals surface area contributed by atoms with E-state index in [4.69, 9.17) is 0 Å². The molecule has 97 valence electrons. The Morgan fingerprint density at radius 1 is 1.53 bits per heavy atom. The highest BCUT2D eigenvalue weighted by Gasteiger charge is 2.36. The molecule has 1 nitrogen and oxygen atoms in total. The highest BCUT2D eigenvalue weighted by molar-refractivity contribution is 5.82. The SMILES string of the molecule is C=C1CCCC(C[CH]C(C)(C)C(C)=O)C1(C)C. The molecule has 1 saturated carbocycles. The average molecular weight is 235 g/mol. The number of ketones is 1. The van der Waals surface area contributed by atoms with E-state index in [1.54, 1.807) is 6.92 Å². The minimum Gasteiger partial charge on any atom is -0.299 e. The summed E-state index contributed by atoms with van der Waals surface area (Å²) in [6, 6.07) is 0. The van der Waals surface area contributed by atoms with Gasteiger partial charge in [-0.05, 0) is 50.4 Å². The lowest BCUT2D eigenvalue weighted by Gasteiger charge is -2.41. The highest BCUT2D eigenvalue weighted by Crippen LogP contribution is 2.46. The molecule has 1 atom stereocenters. The number of Topliss-reactive ketones (excluding diaryl/α,β-unsaturated/α-hetero) is 1. The Bertz CT molecular complexity index is 309. The van der Waals surface area contributed by atoms with Gasteiger partial charge in [0.1, 0.15) is 5.78 Å². The predicted molar refractivity (Wildman–Crippen MR) is 73.6 cm³/mol.